The molecule has 0 aliphatic carbocycles. The molecular weight excluding hydrogens is 362 g/mol. The van der Waals surface area contributed by atoms with Gasteiger partial charge < -0.3 is 15.0 Å². The van der Waals surface area contributed by atoms with Crippen molar-refractivity contribution < 1.29 is 13.6 Å². The summed E-state index contributed by atoms with van der Waals surface area (Å²) >= 11 is 0. The molecule has 4 aromatic rings. The summed E-state index contributed by atoms with van der Waals surface area (Å²) in [5, 5.41) is 5.10. The van der Waals surface area contributed by atoms with E-state index in [2.05, 4.69) is 15.6 Å². The first kappa shape index (κ1) is 17.7. The van der Waals surface area contributed by atoms with E-state index in [1.54, 1.807) is 12.1 Å². The number of anilines is 2. The summed E-state index contributed by atoms with van der Waals surface area (Å²) in [4.78, 5) is 16.6. The molecule has 2 aromatic carbocycles. The normalized spacial score (nSPS) is 10.8. The molecule has 2 N–H and O–H groups in total. The molecule has 0 saturated carbocycles. The van der Waals surface area contributed by atoms with Gasteiger partial charge in [-0.15, -0.1) is 0 Å². The van der Waals surface area contributed by atoms with Crippen molar-refractivity contribution >= 4 is 23.1 Å². The number of hydrogen-bond donors (Lipinski definition) is 2. The molecule has 5 nitrogen and oxygen atoms in total. The zero-order valence-electron chi connectivity index (χ0n) is 14.9. The number of imidazole rings is 1. The summed E-state index contributed by atoms with van der Waals surface area (Å²) in [7, 11) is 0. The van der Waals surface area contributed by atoms with Gasteiger partial charge in [-0.2, -0.15) is 0 Å². The molecule has 0 bridgehead atoms. The molecule has 0 spiro atoms. The van der Waals surface area contributed by atoms with Crippen LogP contribution in [0.2, 0.25) is 0 Å². The summed E-state index contributed by atoms with van der Waals surface area (Å²) in [5.74, 6) is -1.99. The molecule has 2 aromatic heterocycles. The van der Waals surface area contributed by atoms with E-state index < -0.39 is 17.7 Å². The van der Waals surface area contributed by atoms with Crippen LogP contribution in [0, 0.1) is 18.6 Å². The number of pyridine rings is 1. The number of nitrogens with zero attached hydrogens (tertiary/aromatic N) is 2. The van der Waals surface area contributed by atoms with Gasteiger partial charge in [0.25, 0.3) is 0 Å². The number of halogens is 2. The van der Waals surface area contributed by atoms with Crippen molar-refractivity contribution in [3.63, 3.8) is 0 Å². The molecule has 0 saturated heterocycles. The maximum Gasteiger partial charge on any atom is 0.323 e. The van der Waals surface area contributed by atoms with E-state index in [0.29, 0.717) is 5.69 Å². The molecule has 0 fully saturated rings. The third kappa shape index (κ3) is 3.68. The molecule has 140 valence electrons. The highest BCUT2D eigenvalue weighted by Gasteiger charge is 2.08. The second-order valence-electron chi connectivity index (χ2n) is 6.38. The number of hydrogen-bond acceptors (Lipinski definition) is 2. The van der Waals surface area contributed by atoms with Gasteiger partial charge in [0.05, 0.1) is 5.69 Å². The number of urea groups is 1. The third-order valence-corrected chi connectivity index (χ3v) is 4.23. The van der Waals surface area contributed by atoms with Gasteiger partial charge in [0.2, 0.25) is 0 Å². The zero-order valence-corrected chi connectivity index (χ0v) is 14.9. The maximum atomic E-state index is 13.2. The first-order valence-electron chi connectivity index (χ1n) is 8.57. The van der Waals surface area contributed by atoms with Crippen molar-refractivity contribution in [1.82, 2.24) is 9.38 Å². The minimum atomic E-state index is -1.02. The van der Waals surface area contributed by atoms with Crippen LogP contribution in [0.1, 0.15) is 5.56 Å². The highest BCUT2D eigenvalue weighted by molar-refractivity contribution is 5.99. The predicted octanol–water partition coefficient (Wildman–Crippen LogP) is 5.23. The Kier molecular flexibility index (Phi) is 4.49. The van der Waals surface area contributed by atoms with Gasteiger partial charge in [0.1, 0.15) is 5.65 Å². The lowest BCUT2D eigenvalue weighted by atomic mass is 10.1. The van der Waals surface area contributed by atoms with Crippen molar-refractivity contribution in [1.29, 1.82) is 0 Å². The minimum Gasteiger partial charge on any atom is -0.308 e. The second kappa shape index (κ2) is 7.11. The minimum absolute atomic E-state index is 0.160. The van der Waals surface area contributed by atoms with Gasteiger partial charge >= 0.3 is 6.03 Å². The standard InChI is InChI=1S/C21H16F2N4O/c1-13-8-9-27-12-19(26-20(27)10-13)14-2-4-15(5-3-14)24-21(28)25-16-6-7-17(22)18(23)11-16/h2-12H,1H3,(H2,24,25,28). The van der Waals surface area contributed by atoms with Gasteiger partial charge in [-0.3, -0.25) is 0 Å². The van der Waals surface area contributed by atoms with Crippen molar-refractivity contribution in [3.05, 3.63) is 84.2 Å². The third-order valence-electron chi connectivity index (χ3n) is 4.23. The largest absolute Gasteiger partial charge is 0.323 e. The fourth-order valence-corrected chi connectivity index (χ4v) is 2.81. The van der Waals surface area contributed by atoms with E-state index in [1.807, 2.05) is 48.0 Å². The first-order valence-corrected chi connectivity index (χ1v) is 8.57. The quantitative estimate of drug-likeness (QED) is 0.513. The summed E-state index contributed by atoms with van der Waals surface area (Å²) in [6.07, 6.45) is 3.90. The number of benzene rings is 2. The number of rotatable bonds is 3. The summed E-state index contributed by atoms with van der Waals surface area (Å²) in [6, 6.07) is 13.8. The summed E-state index contributed by atoms with van der Waals surface area (Å²) in [5.41, 5.74) is 4.45. The topological polar surface area (TPSA) is 58.4 Å². The summed E-state index contributed by atoms with van der Waals surface area (Å²) < 4.78 is 28.1. The molecular formula is C21H16F2N4O. The van der Waals surface area contributed by atoms with Crippen molar-refractivity contribution in [2.45, 2.75) is 6.92 Å². The van der Waals surface area contributed by atoms with E-state index in [1.165, 1.54) is 6.07 Å². The lowest BCUT2D eigenvalue weighted by Gasteiger charge is -2.08. The fraction of sp³-hybridized carbons (Fsp3) is 0.0476. The van der Waals surface area contributed by atoms with Gasteiger partial charge in [0, 0.05) is 35.4 Å². The van der Waals surface area contributed by atoms with E-state index in [-0.39, 0.29) is 5.69 Å². The number of aryl methyl sites for hydroxylation is 1. The van der Waals surface area contributed by atoms with Crippen LogP contribution < -0.4 is 10.6 Å². The predicted molar refractivity (Wildman–Crippen MR) is 104 cm³/mol. The molecule has 0 unspecified atom stereocenters. The monoisotopic (exact) mass is 378 g/mol. The molecule has 0 atom stereocenters. The van der Waals surface area contributed by atoms with Gasteiger partial charge in [-0.25, -0.2) is 18.6 Å². The molecule has 28 heavy (non-hydrogen) atoms. The van der Waals surface area contributed by atoms with Crippen LogP contribution in [-0.2, 0) is 0 Å². The Hall–Kier alpha value is -3.74. The van der Waals surface area contributed by atoms with Crippen LogP contribution in [0.3, 0.4) is 0 Å². The molecule has 2 amide bonds. The summed E-state index contributed by atoms with van der Waals surface area (Å²) in [6.45, 7) is 2.01. The lowest BCUT2D eigenvalue weighted by molar-refractivity contribution is 0.262. The van der Waals surface area contributed by atoms with Crippen molar-refractivity contribution in [2.75, 3.05) is 10.6 Å². The van der Waals surface area contributed by atoms with E-state index >= 15 is 0 Å². The molecule has 4 rings (SSSR count). The molecule has 7 heteroatoms. The number of carbonyl (C=O) groups excluding carboxylic acids is 1. The van der Waals surface area contributed by atoms with E-state index in [4.69, 9.17) is 0 Å². The number of amides is 2. The van der Waals surface area contributed by atoms with Crippen LogP contribution in [0.5, 0.6) is 0 Å². The van der Waals surface area contributed by atoms with Gasteiger partial charge in [-0.1, -0.05) is 12.1 Å². The molecule has 0 aliphatic rings. The second-order valence-corrected chi connectivity index (χ2v) is 6.38. The smallest absolute Gasteiger partial charge is 0.308 e. The highest BCUT2D eigenvalue weighted by Crippen LogP contribution is 2.22. The lowest BCUT2D eigenvalue weighted by Crippen LogP contribution is -2.19. The number of fused-ring (bicyclic) bond motifs is 1. The van der Waals surface area contributed by atoms with Gasteiger partial charge in [-0.05, 0) is 48.9 Å². The Balaban J connectivity index is 1.46. The average Bonchev–Trinajstić information content (AvgIpc) is 3.08. The average molecular weight is 378 g/mol. The Morgan fingerprint density at radius 3 is 2.39 bits per heavy atom. The number of carbonyl (C=O) groups is 1. The number of aromatic nitrogens is 2. The van der Waals surface area contributed by atoms with Crippen LogP contribution in [0.25, 0.3) is 16.9 Å². The van der Waals surface area contributed by atoms with Crippen LogP contribution in [-0.4, -0.2) is 15.4 Å². The Morgan fingerprint density at radius 1 is 0.929 bits per heavy atom. The molecule has 0 aliphatic heterocycles. The van der Waals surface area contributed by atoms with E-state index in [0.717, 1.165) is 34.6 Å². The Morgan fingerprint density at radius 2 is 1.64 bits per heavy atom. The van der Waals surface area contributed by atoms with E-state index in [9.17, 15) is 13.6 Å². The SMILES string of the molecule is Cc1ccn2cc(-c3ccc(NC(=O)Nc4ccc(F)c(F)c4)cc3)nc2c1. The van der Waals surface area contributed by atoms with Crippen LogP contribution in [0.15, 0.2) is 67.0 Å². The number of nitrogens with one attached hydrogen (secondary N) is 2. The Bertz CT molecular complexity index is 1170. The first-order chi connectivity index (χ1) is 13.5. The van der Waals surface area contributed by atoms with Crippen molar-refractivity contribution in [2.24, 2.45) is 0 Å². The maximum absolute atomic E-state index is 13.2. The molecule has 0 radical (unpaired) electrons. The van der Waals surface area contributed by atoms with Gasteiger partial charge in [0.15, 0.2) is 11.6 Å². The van der Waals surface area contributed by atoms with Crippen molar-refractivity contribution in [3.8, 4) is 11.3 Å². The fourth-order valence-electron chi connectivity index (χ4n) is 2.81. The van der Waals surface area contributed by atoms with Crippen LogP contribution in [0.4, 0.5) is 25.0 Å². The van der Waals surface area contributed by atoms with Crippen LogP contribution >= 0.6 is 0 Å². The zero-order chi connectivity index (χ0) is 19.7. The highest BCUT2D eigenvalue weighted by atomic mass is 19.2. The Labute approximate surface area is 159 Å². The molecule has 2 heterocycles.